The molecule has 3 nitrogen and oxygen atoms in total. The van der Waals surface area contributed by atoms with Gasteiger partial charge in [-0.2, -0.15) is 12.6 Å². The third-order valence-corrected chi connectivity index (χ3v) is 4.71. The number of hydrogen-bond donors (Lipinski definition) is 1. The maximum atomic E-state index is 12.0. The van der Waals surface area contributed by atoms with Gasteiger partial charge in [0.1, 0.15) is 11.5 Å². The predicted molar refractivity (Wildman–Crippen MR) is 95.0 cm³/mol. The number of hydrogen-bond acceptors (Lipinski definition) is 3. The summed E-state index contributed by atoms with van der Waals surface area (Å²) in [6.45, 7) is 0.745. The van der Waals surface area contributed by atoms with E-state index in [1.807, 2.05) is 53.4 Å². The van der Waals surface area contributed by atoms with Gasteiger partial charge in [0.05, 0.1) is 0 Å². The van der Waals surface area contributed by atoms with Crippen LogP contribution >= 0.6 is 28.6 Å². The van der Waals surface area contributed by atoms with E-state index in [4.69, 9.17) is 4.74 Å². The van der Waals surface area contributed by atoms with E-state index in [1.54, 1.807) is 0 Å². The number of ether oxygens (including phenoxy) is 1. The number of halogens is 1. The topological polar surface area (TPSA) is 29.5 Å². The summed E-state index contributed by atoms with van der Waals surface area (Å²) < 4.78 is 6.80. The van der Waals surface area contributed by atoms with E-state index in [0.717, 1.165) is 34.0 Å². The van der Waals surface area contributed by atoms with Crippen LogP contribution in [0.25, 0.3) is 0 Å². The second kappa shape index (κ2) is 6.75. The highest BCUT2D eigenvalue weighted by Crippen LogP contribution is 2.29. The number of anilines is 1. The molecular weight excluding hydrogens is 362 g/mol. The van der Waals surface area contributed by atoms with Gasteiger partial charge in [-0.25, -0.2) is 0 Å². The molecule has 2 aromatic rings. The molecule has 1 unspecified atom stereocenters. The van der Waals surface area contributed by atoms with Crippen molar-refractivity contribution < 1.29 is 9.53 Å². The number of carbonyl (C=O) groups excluding carboxylic acids is 1. The minimum absolute atomic E-state index is 0.167. The van der Waals surface area contributed by atoms with E-state index in [2.05, 4.69) is 28.6 Å². The molecule has 0 saturated carbocycles. The minimum atomic E-state index is 0.167. The van der Waals surface area contributed by atoms with Crippen LogP contribution in [0.4, 0.5) is 5.69 Å². The lowest BCUT2D eigenvalue weighted by Gasteiger charge is -2.17. The van der Waals surface area contributed by atoms with Crippen LogP contribution in [-0.2, 0) is 4.79 Å². The summed E-state index contributed by atoms with van der Waals surface area (Å²) in [7, 11) is 0. The third kappa shape index (κ3) is 3.47. The zero-order chi connectivity index (χ0) is 15.5. The molecule has 1 atom stereocenters. The fourth-order valence-electron chi connectivity index (χ4n) is 2.49. The van der Waals surface area contributed by atoms with Crippen LogP contribution in [0.1, 0.15) is 6.42 Å². The molecule has 1 aliphatic heterocycles. The first kappa shape index (κ1) is 15.4. The van der Waals surface area contributed by atoms with Crippen molar-refractivity contribution in [1.82, 2.24) is 0 Å². The molecule has 0 spiro atoms. The van der Waals surface area contributed by atoms with Crippen LogP contribution in [0.15, 0.2) is 53.0 Å². The third-order valence-electron chi connectivity index (χ3n) is 3.66. The Morgan fingerprint density at radius 1 is 1.09 bits per heavy atom. The van der Waals surface area contributed by atoms with E-state index < -0.39 is 0 Å². The molecular formula is C17H16BrNO2S. The molecule has 2 aromatic carbocycles. The van der Waals surface area contributed by atoms with Crippen molar-refractivity contribution in [3.63, 3.8) is 0 Å². The molecule has 1 fully saturated rings. The standard InChI is InChI=1S/C17H16BrNO2S/c18-13-1-5-15(6-2-13)21-16-7-3-14(4-8-16)19-10-12(11-22)9-17(19)20/h1-8,12,22H,9-11H2. The van der Waals surface area contributed by atoms with Crippen LogP contribution in [0, 0.1) is 5.92 Å². The molecule has 1 saturated heterocycles. The lowest BCUT2D eigenvalue weighted by atomic mass is 10.1. The lowest BCUT2D eigenvalue weighted by Crippen LogP contribution is -2.24. The van der Waals surface area contributed by atoms with Crippen molar-refractivity contribution in [3.8, 4) is 11.5 Å². The molecule has 1 heterocycles. The Kier molecular flexibility index (Phi) is 4.74. The highest BCUT2D eigenvalue weighted by molar-refractivity contribution is 9.10. The summed E-state index contributed by atoms with van der Waals surface area (Å²) >= 11 is 7.68. The van der Waals surface area contributed by atoms with Gasteiger partial charge in [0.15, 0.2) is 0 Å². The molecule has 5 heteroatoms. The van der Waals surface area contributed by atoms with Gasteiger partial charge in [0.25, 0.3) is 0 Å². The normalized spacial score (nSPS) is 17.8. The van der Waals surface area contributed by atoms with Crippen molar-refractivity contribution >= 4 is 40.2 Å². The van der Waals surface area contributed by atoms with Crippen molar-refractivity contribution in [2.45, 2.75) is 6.42 Å². The number of nitrogens with zero attached hydrogens (tertiary/aromatic N) is 1. The first-order valence-corrected chi connectivity index (χ1v) is 8.53. The zero-order valence-electron chi connectivity index (χ0n) is 11.9. The molecule has 0 aromatic heterocycles. The van der Waals surface area contributed by atoms with Gasteiger partial charge in [-0.05, 0) is 60.2 Å². The second-order valence-electron chi connectivity index (χ2n) is 5.31. The van der Waals surface area contributed by atoms with Gasteiger partial charge in [-0.3, -0.25) is 4.79 Å². The Hall–Kier alpha value is -1.46. The SMILES string of the molecule is O=C1CC(CS)CN1c1ccc(Oc2ccc(Br)cc2)cc1. The zero-order valence-corrected chi connectivity index (χ0v) is 14.4. The van der Waals surface area contributed by atoms with Crippen molar-refractivity contribution in [2.75, 3.05) is 17.2 Å². The van der Waals surface area contributed by atoms with Gasteiger partial charge >= 0.3 is 0 Å². The largest absolute Gasteiger partial charge is 0.457 e. The molecule has 22 heavy (non-hydrogen) atoms. The molecule has 0 bridgehead atoms. The number of rotatable bonds is 4. The van der Waals surface area contributed by atoms with Gasteiger partial charge in [-0.1, -0.05) is 15.9 Å². The molecule has 1 amide bonds. The first-order chi connectivity index (χ1) is 10.7. The Balaban J connectivity index is 1.70. The number of amides is 1. The number of carbonyl (C=O) groups is 1. The van der Waals surface area contributed by atoms with Crippen molar-refractivity contribution in [1.29, 1.82) is 0 Å². The van der Waals surface area contributed by atoms with Crippen molar-refractivity contribution in [2.24, 2.45) is 5.92 Å². The van der Waals surface area contributed by atoms with Crippen LogP contribution in [-0.4, -0.2) is 18.2 Å². The Labute approximate surface area is 143 Å². The predicted octanol–water partition coefficient (Wildman–Crippen LogP) is 4.52. The van der Waals surface area contributed by atoms with Gasteiger partial charge in [0.2, 0.25) is 5.91 Å². The first-order valence-electron chi connectivity index (χ1n) is 7.10. The van der Waals surface area contributed by atoms with Crippen LogP contribution < -0.4 is 9.64 Å². The van der Waals surface area contributed by atoms with Gasteiger partial charge in [-0.15, -0.1) is 0 Å². The highest BCUT2D eigenvalue weighted by atomic mass is 79.9. The molecule has 0 radical (unpaired) electrons. The molecule has 1 aliphatic rings. The Bertz CT molecular complexity index is 657. The fourth-order valence-corrected chi connectivity index (χ4v) is 3.00. The van der Waals surface area contributed by atoms with E-state index >= 15 is 0 Å². The maximum absolute atomic E-state index is 12.0. The van der Waals surface area contributed by atoms with E-state index in [1.165, 1.54) is 0 Å². The molecule has 3 rings (SSSR count). The number of benzene rings is 2. The maximum Gasteiger partial charge on any atom is 0.227 e. The molecule has 0 N–H and O–H groups in total. The van der Waals surface area contributed by atoms with Crippen LogP contribution in [0.5, 0.6) is 11.5 Å². The fraction of sp³-hybridized carbons (Fsp3) is 0.235. The van der Waals surface area contributed by atoms with Gasteiger partial charge in [0, 0.05) is 23.1 Å². The summed E-state index contributed by atoms with van der Waals surface area (Å²) in [5.41, 5.74) is 0.914. The number of thiol groups is 1. The Morgan fingerprint density at radius 3 is 2.23 bits per heavy atom. The molecule has 114 valence electrons. The average Bonchev–Trinajstić information content (AvgIpc) is 2.91. The smallest absolute Gasteiger partial charge is 0.227 e. The molecule has 0 aliphatic carbocycles. The Morgan fingerprint density at radius 2 is 1.68 bits per heavy atom. The summed E-state index contributed by atoms with van der Waals surface area (Å²) in [5, 5.41) is 0. The summed E-state index contributed by atoms with van der Waals surface area (Å²) in [5.74, 6) is 2.79. The monoisotopic (exact) mass is 377 g/mol. The highest BCUT2D eigenvalue weighted by Gasteiger charge is 2.29. The second-order valence-corrected chi connectivity index (χ2v) is 6.59. The summed E-state index contributed by atoms with van der Waals surface area (Å²) in [6.07, 6.45) is 0.584. The van der Waals surface area contributed by atoms with Crippen LogP contribution in [0.3, 0.4) is 0 Å². The minimum Gasteiger partial charge on any atom is -0.457 e. The van der Waals surface area contributed by atoms with Crippen LogP contribution in [0.2, 0.25) is 0 Å². The average molecular weight is 378 g/mol. The van der Waals surface area contributed by atoms with Crippen molar-refractivity contribution in [3.05, 3.63) is 53.0 Å². The lowest BCUT2D eigenvalue weighted by molar-refractivity contribution is -0.117. The quantitative estimate of drug-likeness (QED) is 0.793. The van der Waals surface area contributed by atoms with E-state index in [9.17, 15) is 4.79 Å². The summed E-state index contributed by atoms with van der Waals surface area (Å²) in [6, 6.07) is 15.3. The van der Waals surface area contributed by atoms with E-state index in [0.29, 0.717) is 12.3 Å². The van der Waals surface area contributed by atoms with E-state index in [-0.39, 0.29) is 5.91 Å². The summed E-state index contributed by atoms with van der Waals surface area (Å²) in [4.78, 5) is 13.8. The van der Waals surface area contributed by atoms with Gasteiger partial charge < -0.3 is 9.64 Å².